The second-order valence-electron chi connectivity index (χ2n) is 4.36. The van der Waals surface area contributed by atoms with Crippen molar-refractivity contribution in [2.45, 2.75) is 38.2 Å². The maximum atomic E-state index is 13.3. The van der Waals surface area contributed by atoms with E-state index in [1.807, 2.05) is 31.2 Å². The van der Waals surface area contributed by atoms with Crippen molar-refractivity contribution in [3.8, 4) is 0 Å². The Labute approximate surface area is 94.9 Å². The van der Waals surface area contributed by atoms with Crippen molar-refractivity contribution < 1.29 is 8.78 Å². The highest BCUT2D eigenvalue weighted by Gasteiger charge is 2.45. The molecule has 0 bridgehead atoms. The van der Waals surface area contributed by atoms with Crippen molar-refractivity contribution in [2.24, 2.45) is 0 Å². The fourth-order valence-electron chi connectivity index (χ4n) is 2.48. The smallest absolute Gasteiger partial charge is 0.260 e. The minimum Gasteiger partial charge on any atom is -0.303 e. The molecule has 0 aromatic heterocycles. The van der Waals surface area contributed by atoms with Gasteiger partial charge < -0.3 is 5.32 Å². The highest BCUT2D eigenvalue weighted by atomic mass is 19.3. The third-order valence-electron chi connectivity index (χ3n) is 3.35. The summed E-state index contributed by atoms with van der Waals surface area (Å²) < 4.78 is 26.7. The summed E-state index contributed by atoms with van der Waals surface area (Å²) >= 11 is 0. The molecule has 0 spiro atoms. The molecular formula is C13H17F2N. The van der Waals surface area contributed by atoms with Crippen LogP contribution in [-0.4, -0.2) is 13.0 Å². The SMILES string of the molecule is CCCNC1(C(F)F)CCc2ccccc21. The lowest BCUT2D eigenvalue weighted by Gasteiger charge is -2.31. The monoisotopic (exact) mass is 225 g/mol. The quantitative estimate of drug-likeness (QED) is 0.830. The molecule has 88 valence electrons. The largest absolute Gasteiger partial charge is 0.303 e. The number of alkyl halides is 2. The molecule has 0 radical (unpaired) electrons. The minimum absolute atomic E-state index is 0.504. The van der Waals surface area contributed by atoms with Crippen LogP contribution in [0.15, 0.2) is 24.3 Å². The van der Waals surface area contributed by atoms with Gasteiger partial charge in [-0.25, -0.2) is 8.78 Å². The summed E-state index contributed by atoms with van der Waals surface area (Å²) in [6.07, 6.45) is -0.222. The Kier molecular flexibility index (Phi) is 3.24. The first kappa shape index (κ1) is 11.5. The molecule has 0 heterocycles. The molecule has 1 unspecified atom stereocenters. The van der Waals surface area contributed by atoms with Gasteiger partial charge in [-0.05, 0) is 36.9 Å². The zero-order chi connectivity index (χ0) is 11.6. The summed E-state index contributed by atoms with van der Waals surface area (Å²) in [5, 5.41) is 3.05. The van der Waals surface area contributed by atoms with Crippen molar-refractivity contribution in [2.75, 3.05) is 6.54 Å². The molecule has 1 aliphatic rings. The van der Waals surface area contributed by atoms with Crippen LogP contribution in [0.1, 0.15) is 30.9 Å². The highest BCUT2D eigenvalue weighted by Crippen LogP contribution is 2.41. The van der Waals surface area contributed by atoms with Gasteiger partial charge in [0.2, 0.25) is 0 Å². The standard InChI is InChI=1S/C13H17F2N/c1-2-9-16-13(12(14)15)8-7-10-5-3-4-6-11(10)13/h3-6,12,16H,2,7-9H2,1H3. The summed E-state index contributed by atoms with van der Waals surface area (Å²) in [7, 11) is 0. The minimum atomic E-state index is -2.34. The van der Waals surface area contributed by atoms with Gasteiger partial charge in [0.15, 0.2) is 0 Å². The zero-order valence-electron chi connectivity index (χ0n) is 9.47. The van der Waals surface area contributed by atoms with Crippen LogP contribution in [0.5, 0.6) is 0 Å². The van der Waals surface area contributed by atoms with Crippen LogP contribution in [-0.2, 0) is 12.0 Å². The molecule has 0 aliphatic heterocycles. The van der Waals surface area contributed by atoms with Gasteiger partial charge in [0.05, 0.1) is 0 Å². The van der Waals surface area contributed by atoms with Gasteiger partial charge in [0, 0.05) is 0 Å². The first-order valence-electron chi connectivity index (χ1n) is 5.82. The van der Waals surface area contributed by atoms with E-state index in [1.165, 1.54) is 0 Å². The van der Waals surface area contributed by atoms with Crippen LogP contribution >= 0.6 is 0 Å². The van der Waals surface area contributed by atoms with Crippen LogP contribution in [0.4, 0.5) is 8.78 Å². The maximum absolute atomic E-state index is 13.3. The Balaban J connectivity index is 2.35. The number of hydrogen-bond acceptors (Lipinski definition) is 1. The molecule has 1 aliphatic carbocycles. The average Bonchev–Trinajstić information content (AvgIpc) is 2.67. The molecular weight excluding hydrogens is 208 g/mol. The summed E-state index contributed by atoms with van der Waals surface area (Å²) in [6, 6.07) is 7.54. The molecule has 1 nitrogen and oxygen atoms in total. The predicted molar refractivity (Wildman–Crippen MR) is 60.7 cm³/mol. The number of fused-ring (bicyclic) bond motifs is 1. The van der Waals surface area contributed by atoms with E-state index >= 15 is 0 Å². The zero-order valence-corrected chi connectivity index (χ0v) is 9.47. The summed E-state index contributed by atoms with van der Waals surface area (Å²) in [4.78, 5) is 0. The van der Waals surface area contributed by atoms with Crippen LogP contribution in [0.25, 0.3) is 0 Å². The second-order valence-corrected chi connectivity index (χ2v) is 4.36. The fourth-order valence-corrected chi connectivity index (χ4v) is 2.48. The van der Waals surface area contributed by atoms with E-state index in [2.05, 4.69) is 5.32 Å². The number of rotatable bonds is 4. The van der Waals surface area contributed by atoms with Crippen molar-refractivity contribution in [1.29, 1.82) is 0 Å². The third-order valence-corrected chi connectivity index (χ3v) is 3.35. The Hall–Kier alpha value is -0.960. The van der Waals surface area contributed by atoms with E-state index in [-0.39, 0.29) is 0 Å². The van der Waals surface area contributed by atoms with E-state index in [0.717, 1.165) is 24.0 Å². The summed E-state index contributed by atoms with van der Waals surface area (Å²) in [6.45, 7) is 2.63. The Morgan fingerprint density at radius 3 is 2.81 bits per heavy atom. The van der Waals surface area contributed by atoms with Gasteiger partial charge in [-0.15, -0.1) is 0 Å². The maximum Gasteiger partial charge on any atom is 0.260 e. The van der Waals surface area contributed by atoms with Gasteiger partial charge in [-0.1, -0.05) is 31.2 Å². The van der Waals surface area contributed by atoms with E-state index in [9.17, 15) is 8.78 Å². The Morgan fingerprint density at radius 1 is 1.38 bits per heavy atom. The topological polar surface area (TPSA) is 12.0 Å². The van der Waals surface area contributed by atoms with Crippen molar-refractivity contribution in [3.05, 3.63) is 35.4 Å². The molecule has 1 aromatic rings. The molecule has 1 atom stereocenters. The van der Waals surface area contributed by atoms with Crippen LogP contribution in [0.2, 0.25) is 0 Å². The Bertz CT molecular complexity index is 365. The van der Waals surface area contributed by atoms with E-state index < -0.39 is 12.0 Å². The van der Waals surface area contributed by atoms with E-state index in [4.69, 9.17) is 0 Å². The summed E-state index contributed by atoms with van der Waals surface area (Å²) in [5.74, 6) is 0. The first-order chi connectivity index (χ1) is 7.70. The van der Waals surface area contributed by atoms with Gasteiger partial charge in [-0.2, -0.15) is 0 Å². The van der Waals surface area contributed by atoms with Gasteiger partial charge in [0.1, 0.15) is 5.54 Å². The van der Waals surface area contributed by atoms with Crippen LogP contribution < -0.4 is 5.32 Å². The molecule has 2 rings (SSSR count). The molecule has 3 heteroatoms. The van der Waals surface area contributed by atoms with Crippen molar-refractivity contribution in [3.63, 3.8) is 0 Å². The number of nitrogens with one attached hydrogen (secondary N) is 1. The molecule has 0 fully saturated rings. The third kappa shape index (κ3) is 1.73. The lowest BCUT2D eigenvalue weighted by atomic mass is 9.92. The van der Waals surface area contributed by atoms with Gasteiger partial charge >= 0.3 is 0 Å². The predicted octanol–water partition coefficient (Wildman–Crippen LogP) is 3.09. The van der Waals surface area contributed by atoms with Crippen LogP contribution in [0, 0.1) is 0 Å². The van der Waals surface area contributed by atoms with Crippen molar-refractivity contribution >= 4 is 0 Å². The molecule has 1 N–H and O–H groups in total. The van der Waals surface area contributed by atoms with E-state index in [1.54, 1.807) is 0 Å². The number of aryl methyl sites for hydroxylation is 1. The van der Waals surface area contributed by atoms with E-state index in [0.29, 0.717) is 13.0 Å². The highest BCUT2D eigenvalue weighted by molar-refractivity contribution is 5.39. The lowest BCUT2D eigenvalue weighted by Crippen LogP contribution is -2.47. The van der Waals surface area contributed by atoms with Gasteiger partial charge in [0.25, 0.3) is 6.43 Å². The molecule has 16 heavy (non-hydrogen) atoms. The van der Waals surface area contributed by atoms with Gasteiger partial charge in [-0.3, -0.25) is 0 Å². The summed E-state index contributed by atoms with van der Waals surface area (Å²) in [5.41, 5.74) is 0.747. The molecule has 0 saturated carbocycles. The number of halogens is 2. The first-order valence-corrected chi connectivity index (χ1v) is 5.82. The second kappa shape index (κ2) is 4.50. The lowest BCUT2D eigenvalue weighted by molar-refractivity contribution is 0.0280. The average molecular weight is 225 g/mol. The number of hydrogen-bond donors (Lipinski definition) is 1. The van der Waals surface area contributed by atoms with Crippen molar-refractivity contribution in [1.82, 2.24) is 5.32 Å². The Morgan fingerprint density at radius 2 is 2.12 bits per heavy atom. The normalized spacial score (nSPS) is 23.8. The number of benzene rings is 1. The van der Waals surface area contributed by atoms with Crippen LogP contribution in [0.3, 0.4) is 0 Å². The fraction of sp³-hybridized carbons (Fsp3) is 0.538. The molecule has 0 amide bonds. The molecule has 1 aromatic carbocycles. The molecule has 0 saturated heterocycles.